The number of nitrogens with one attached hydrogen (secondary N) is 1. The first-order chi connectivity index (χ1) is 8.17. The number of nitrogens with two attached hydrogens (primary N) is 1. The molecule has 0 fully saturated rings. The Morgan fingerprint density at radius 2 is 2.29 bits per heavy atom. The first-order valence-corrected chi connectivity index (χ1v) is 6.44. The van der Waals surface area contributed by atoms with Crippen molar-refractivity contribution >= 4 is 15.9 Å². The first kappa shape index (κ1) is 14.6. The zero-order valence-corrected chi connectivity index (χ0v) is 11.5. The molecule has 1 aromatic rings. The lowest BCUT2D eigenvalue weighted by molar-refractivity contribution is 0.112. The fourth-order valence-corrected chi connectivity index (χ4v) is 2.00. The molecule has 0 aliphatic carbocycles. The van der Waals surface area contributed by atoms with E-state index in [4.69, 9.17) is 10.6 Å². The largest absolute Gasteiger partial charge is 0.380 e. The standard InChI is InChI=1S/C12H18BrFN2O/c1-2-5-17-8-11(16-15)6-9-3-4-10(14)7-12(9)13/h3-4,7,11,16H,2,5-6,8,15H2,1H3. The van der Waals surface area contributed by atoms with Gasteiger partial charge in [0, 0.05) is 17.1 Å². The minimum Gasteiger partial charge on any atom is -0.380 e. The highest BCUT2D eigenvalue weighted by Gasteiger charge is 2.10. The average molecular weight is 305 g/mol. The van der Waals surface area contributed by atoms with E-state index in [0.29, 0.717) is 13.0 Å². The lowest BCUT2D eigenvalue weighted by atomic mass is 10.1. The van der Waals surface area contributed by atoms with Gasteiger partial charge in [0.05, 0.1) is 6.61 Å². The van der Waals surface area contributed by atoms with E-state index < -0.39 is 0 Å². The summed E-state index contributed by atoms with van der Waals surface area (Å²) in [6.45, 7) is 3.33. The summed E-state index contributed by atoms with van der Waals surface area (Å²) in [5.41, 5.74) is 3.72. The molecule has 0 heterocycles. The molecular weight excluding hydrogens is 287 g/mol. The highest BCUT2D eigenvalue weighted by atomic mass is 79.9. The monoisotopic (exact) mass is 304 g/mol. The molecule has 0 aromatic heterocycles. The summed E-state index contributed by atoms with van der Waals surface area (Å²) in [7, 11) is 0. The Kier molecular flexibility index (Phi) is 6.65. The van der Waals surface area contributed by atoms with E-state index in [-0.39, 0.29) is 11.9 Å². The van der Waals surface area contributed by atoms with Crippen LogP contribution in [0.2, 0.25) is 0 Å². The summed E-state index contributed by atoms with van der Waals surface area (Å²) < 4.78 is 19.1. The van der Waals surface area contributed by atoms with Gasteiger partial charge in [0.2, 0.25) is 0 Å². The molecule has 17 heavy (non-hydrogen) atoms. The molecule has 5 heteroatoms. The minimum absolute atomic E-state index is 0.0308. The van der Waals surface area contributed by atoms with Crippen LogP contribution in [-0.2, 0) is 11.2 Å². The fraction of sp³-hybridized carbons (Fsp3) is 0.500. The third-order valence-corrected chi connectivity index (χ3v) is 3.12. The van der Waals surface area contributed by atoms with Crippen LogP contribution < -0.4 is 11.3 Å². The molecule has 0 aliphatic heterocycles. The molecule has 1 atom stereocenters. The zero-order chi connectivity index (χ0) is 12.7. The molecule has 1 unspecified atom stereocenters. The molecule has 0 bridgehead atoms. The summed E-state index contributed by atoms with van der Waals surface area (Å²) in [6.07, 6.45) is 1.68. The Morgan fingerprint density at radius 1 is 1.53 bits per heavy atom. The number of hydrogen-bond acceptors (Lipinski definition) is 3. The highest BCUT2D eigenvalue weighted by molar-refractivity contribution is 9.10. The van der Waals surface area contributed by atoms with Gasteiger partial charge < -0.3 is 4.74 Å². The van der Waals surface area contributed by atoms with Gasteiger partial charge in [-0.2, -0.15) is 0 Å². The van der Waals surface area contributed by atoms with Crippen molar-refractivity contribution in [2.24, 2.45) is 5.84 Å². The lowest BCUT2D eigenvalue weighted by Crippen LogP contribution is -2.40. The van der Waals surface area contributed by atoms with Gasteiger partial charge in [0.15, 0.2) is 0 Å². The van der Waals surface area contributed by atoms with Crippen molar-refractivity contribution in [3.05, 3.63) is 34.1 Å². The van der Waals surface area contributed by atoms with Crippen LogP contribution in [0.15, 0.2) is 22.7 Å². The third-order valence-electron chi connectivity index (χ3n) is 2.38. The quantitative estimate of drug-likeness (QED) is 0.462. The summed E-state index contributed by atoms with van der Waals surface area (Å²) in [5.74, 6) is 5.21. The average Bonchev–Trinajstić information content (AvgIpc) is 2.31. The Hall–Kier alpha value is -0.490. The summed E-state index contributed by atoms with van der Waals surface area (Å²) in [4.78, 5) is 0. The maximum Gasteiger partial charge on any atom is 0.124 e. The van der Waals surface area contributed by atoms with Gasteiger partial charge >= 0.3 is 0 Å². The van der Waals surface area contributed by atoms with Gasteiger partial charge in [-0.3, -0.25) is 11.3 Å². The van der Waals surface area contributed by atoms with E-state index in [0.717, 1.165) is 23.1 Å². The topological polar surface area (TPSA) is 47.3 Å². The molecule has 3 nitrogen and oxygen atoms in total. The molecule has 1 rings (SSSR count). The number of hydrogen-bond donors (Lipinski definition) is 2. The van der Waals surface area contributed by atoms with Gasteiger partial charge in [0.1, 0.15) is 5.82 Å². The Morgan fingerprint density at radius 3 is 2.88 bits per heavy atom. The van der Waals surface area contributed by atoms with Gasteiger partial charge in [-0.05, 0) is 30.5 Å². The maximum absolute atomic E-state index is 12.9. The molecular formula is C12H18BrFN2O. The van der Waals surface area contributed by atoms with Crippen LogP contribution in [0.1, 0.15) is 18.9 Å². The number of rotatable bonds is 7. The predicted molar refractivity (Wildman–Crippen MR) is 70.0 cm³/mol. The molecule has 0 saturated carbocycles. The van der Waals surface area contributed by atoms with Crippen molar-refractivity contribution in [2.75, 3.05) is 13.2 Å². The molecule has 0 radical (unpaired) electrons. The van der Waals surface area contributed by atoms with Crippen molar-refractivity contribution in [1.82, 2.24) is 5.43 Å². The molecule has 1 aromatic carbocycles. The van der Waals surface area contributed by atoms with E-state index in [9.17, 15) is 4.39 Å². The summed E-state index contributed by atoms with van der Waals surface area (Å²) in [5, 5.41) is 0. The van der Waals surface area contributed by atoms with Crippen molar-refractivity contribution in [3.63, 3.8) is 0 Å². The molecule has 96 valence electrons. The van der Waals surface area contributed by atoms with Crippen molar-refractivity contribution in [1.29, 1.82) is 0 Å². The lowest BCUT2D eigenvalue weighted by Gasteiger charge is -2.16. The highest BCUT2D eigenvalue weighted by Crippen LogP contribution is 2.19. The van der Waals surface area contributed by atoms with E-state index in [1.807, 2.05) is 0 Å². The van der Waals surface area contributed by atoms with Gasteiger partial charge in [-0.15, -0.1) is 0 Å². The second kappa shape index (κ2) is 7.76. The second-order valence-electron chi connectivity index (χ2n) is 3.88. The van der Waals surface area contributed by atoms with Crippen LogP contribution in [-0.4, -0.2) is 19.3 Å². The van der Waals surface area contributed by atoms with Crippen LogP contribution in [0.4, 0.5) is 4.39 Å². The SMILES string of the molecule is CCCOCC(Cc1ccc(F)cc1Br)NN. The van der Waals surface area contributed by atoms with Crippen LogP contribution in [0, 0.1) is 5.82 Å². The predicted octanol–water partition coefficient (Wildman–Crippen LogP) is 2.39. The Labute approximate surface area is 110 Å². The summed E-state index contributed by atoms with van der Waals surface area (Å²) >= 11 is 3.34. The van der Waals surface area contributed by atoms with E-state index >= 15 is 0 Å². The van der Waals surface area contributed by atoms with Crippen LogP contribution in [0.3, 0.4) is 0 Å². The fourth-order valence-electron chi connectivity index (χ4n) is 1.49. The number of halogens is 2. The molecule has 0 saturated heterocycles. The van der Waals surface area contributed by atoms with Gasteiger partial charge in [-0.1, -0.05) is 28.9 Å². The van der Waals surface area contributed by atoms with Crippen molar-refractivity contribution in [3.8, 4) is 0 Å². The summed E-state index contributed by atoms with van der Waals surface area (Å²) in [6, 6.07) is 4.68. The first-order valence-electron chi connectivity index (χ1n) is 5.65. The van der Waals surface area contributed by atoms with Crippen LogP contribution in [0.5, 0.6) is 0 Å². The second-order valence-corrected chi connectivity index (χ2v) is 4.73. The van der Waals surface area contributed by atoms with E-state index in [1.54, 1.807) is 6.07 Å². The third kappa shape index (κ3) is 5.12. The number of benzene rings is 1. The number of hydrazine groups is 1. The van der Waals surface area contributed by atoms with Crippen LogP contribution in [0.25, 0.3) is 0 Å². The molecule has 0 aliphatic rings. The Balaban J connectivity index is 2.54. The number of ether oxygens (including phenoxy) is 1. The zero-order valence-electron chi connectivity index (χ0n) is 9.88. The molecule has 0 spiro atoms. The van der Waals surface area contributed by atoms with E-state index in [1.165, 1.54) is 12.1 Å². The van der Waals surface area contributed by atoms with E-state index in [2.05, 4.69) is 28.3 Å². The van der Waals surface area contributed by atoms with Crippen molar-refractivity contribution in [2.45, 2.75) is 25.8 Å². The minimum atomic E-state index is -0.250. The Bertz CT molecular complexity index is 349. The molecule has 3 N–H and O–H groups in total. The van der Waals surface area contributed by atoms with Gasteiger partial charge in [-0.25, -0.2) is 4.39 Å². The molecule has 0 amide bonds. The van der Waals surface area contributed by atoms with Crippen LogP contribution >= 0.6 is 15.9 Å². The normalized spacial score (nSPS) is 12.7. The van der Waals surface area contributed by atoms with Gasteiger partial charge in [0.25, 0.3) is 0 Å². The van der Waals surface area contributed by atoms with Crippen molar-refractivity contribution < 1.29 is 9.13 Å². The maximum atomic E-state index is 12.9. The smallest absolute Gasteiger partial charge is 0.124 e.